The molecule has 0 amide bonds. The summed E-state index contributed by atoms with van der Waals surface area (Å²) in [7, 11) is -4.25. The van der Waals surface area contributed by atoms with Crippen LogP contribution in [0.1, 0.15) is 16.7 Å². The maximum Gasteiger partial charge on any atom is 0.573 e. The summed E-state index contributed by atoms with van der Waals surface area (Å²) in [6.45, 7) is -0.0955. The number of carbonyl (C=O) groups is 1. The molecule has 0 unspecified atom stereocenters. The molecule has 1 aromatic heterocycles. The number of nitrogens with zero attached hydrogens (tertiary/aromatic N) is 2. The zero-order valence-electron chi connectivity index (χ0n) is 21.8. The van der Waals surface area contributed by atoms with Gasteiger partial charge in [0.15, 0.2) is 0 Å². The fourth-order valence-electron chi connectivity index (χ4n) is 4.00. The molecule has 0 saturated heterocycles. The fraction of sp³-hybridized carbons (Fsp3) is 0.133. The summed E-state index contributed by atoms with van der Waals surface area (Å²) in [6, 6.07) is 20.4. The highest BCUT2D eigenvalue weighted by atomic mass is 35.5. The summed E-state index contributed by atoms with van der Waals surface area (Å²) < 4.78 is 70.1. The molecular formula is C30H24ClF3N2O5S. The Kier molecular flexibility index (Phi) is 9.54. The first-order valence-corrected chi connectivity index (χ1v) is 14.3. The predicted octanol–water partition coefficient (Wildman–Crippen LogP) is 6.99. The average molecular weight is 617 g/mol. The second-order valence-electron chi connectivity index (χ2n) is 9.12. The van der Waals surface area contributed by atoms with E-state index in [-0.39, 0.29) is 23.5 Å². The van der Waals surface area contributed by atoms with Gasteiger partial charge in [-0.15, -0.1) is 13.2 Å². The first-order valence-electron chi connectivity index (χ1n) is 12.4. The maximum atomic E-state index is 13.7. The maximum absolute atomic E-state index is 13.7. The van der Waals surface area contributed by atoms with Crippen molar-refractivity contribution in [1.29, 1.82) is 0 Å². The standard InChI is InChI=1S/C30H24ClF3N2O5S/c31-25-9-4-22(5-10-25)20-36(42(39,40)28-15-13-27(14-16-28)41-30(32,33)34)26-11-6-21(7-12-26)3-8-24(29(37)38)18-23-2-1-17-35-19-23/h1-17,19,24H,18,20H2,(H,37,38)/b8-3+/t24-/m0/s1. The van der Waals surface area contributed by atoms with Crippen molar-refractivity contribution in [3.63, 3.8) is 0 Å². The van der Waals surface area contributed by atoms with E-state index < -0.39 is 34.0 Å². The van der Waals surface area contributed by atoms with Crippen molar-refractivity contribution < 1.29 is 36.2 Å². The van der Waals surface area contributed by atoms with Crippen molar-refractivity contribution in [3.8, 4) is 5.75 Å². The third kappa shape index (κ3) is 8.34. The Morgan fingerprint density at radius 1 is 0.976 bits per heavy atom. The van der Waals surface area contributed by atoms with E-state index in [0.29, 0.717) is 16.1 Å². The third-order valence-corrected chi connectivity index (χ3v) is 8.12. The van der Waals surface area contributed by atoms with Gasteiger partial charge in [0.2, 0.25) is 0 Å². The molecule has 218 valence electrons. The lowest BCUT2D eigenvalue weighted by Crippen LogP contribution is -2.30. The summed E-state index contributed by atoms with van der Waals surface area (Å²) in [5, 5.41) is 10.1. The van der Waals surface area contributed by atoms with Gasteiger partial charge in [-0.05, 0) is 77.7 Å². The molecule has 7 nitrogen and oxygen atoms in total. The molecule has 42 heavy (non-hydrogen) atoms. The van der Waals surface area contributed by atoms with Gasteiger partial charge in [0.1, 0.15) is 5.75 Å². The van der Waals surface area contributed by atoms with E-state index in [0.717, 1.165) is 34.1 Å². The van der Waals surface area contributed by atoms with E-state index in [4.69, 9.17) is 11.6 Å². The highest BCUT2D eigenvalue weighted by Gasteiger charge is 2.31. The van der Waals surface area contributed by atoms with E-state index in [1.54, 1.807) is 85.2 Å². The number of benzene rings is 3. The molecule has 0 fully saturated rings. The zero-order valence-corrected chi connectivity index (χ0v) is 23.4. The molecule has 0 aliphatic rings. The van der Waals surface area contributed by atoms with Gasteiger partial charge in [0.25, 0.3) is 10.0 Å². The molecule has 0 spiro atoms. The number of aromatic nitrogens is 1. The summed E-state index contributed by atoms with van der Waals surface area (Å²) in [5.74, 6) is -2.36. The fourth-order valence-corrected chi connectivity index (χ4v) is 5.58. The number of aliphatic carboxylic acids is 1. The lowest BCUT2D eigenvalue weighted by Gasteiger charge is -2.25. The molecule has 4 aromatic rings. The molecule has 1 N–H and O–H groups in total. The monoisotopic (exact) mass is 616 g/mol. The smallest absolute Gasteiger partial charge is 0.481 e. The van der Waals surface area contributed by atoms with Crippen LogP contribution in [-0.4, -0.2) is 30.8 Å². The SMILES string of the molecule is O=C(O)[C@@H](/C=C/c1ccc(N(Cc2ccc(Cl)cc2)S(=O)(=O)c2ccc(OC(F)(F)F)cc2)cc1)Cc1cccnc1. The number of alkyl halides is 3. The molecule has 0 aliphatic heterocycles. The minimum absolute atomic E-state index is 0.0955. The third-order valence-electron chi connectivity index (χ3n) is 6.08. The van der Waals surface area contributed by atoms with E-state index in [1.807, 2.05) is 0 Å². The second kappa shape index (κ2) is 13.1. The first-order chi connectivity index (χ1) is 19.9. The highest BCUT2D eigenvalue weighted by Crippen LogP contribution is 2.30. The Morgan fingerprint density at radius 3 is 2.21 bits per heavy atom. The van der Waals surface area contributed by atoms with Crippen molar-refractivity contribution in [2.24, 2.45) is 5.92 Å². The lowest BCUT2D eigenvalue weighted by atomic mass is 9.99. The van der Waals surface area contributed by atoms with Gasteiger partial charge in [-0.2, -0.15) is 0 Å². The Balaban J connectivity index is 1.61. The van der Waals surface area contributed by atoms with E-state index in [1.165, 1.54) is 0 Å². The van der Waals surface area contributed by atoms with Gasteiger partial charge in [-0.25, -0.2) is 8.42 Å². The van der Waals surface area contributed by atoms with Crippen LogP contribution in [0.4, 0.5) is 18.9 Å². The molecule has 0 saturated carbocycles. The van der Waals surface area contributed by atoms with Crippen LogP contribution in [0.3, 0.4) is 0 Å². The van der Waals surface area contributed by atoms with Crippen molar-refractivity contribution in [2.45, 2.75) is 24.2 Å². The number of halogens is 4. The molecule has 0 aliphatic carbocycles. The number of rotatable bonds is 11. The van der Waals surface area contributed by atoms with E-state index >= 15 is 0 Å². The minimum Gasteiger partial charge on any atom is -0.481 e. The predicted molar refractivity (Wildman–Crippen MR) is 152 cm³/mol. The van der Waals surface area contributed by atoms with Gasteiger partial charge in [0, 0.05) is 17.4 Å². The number of sulfonamides is 1. The number of pyridine rings is 1. The minimum atomic E-state index is -4.92. The quantitative estimate of drug-likeness (QED) is 0.195. The Morgan fingerprint density at radius 2 is 1.64 bits per heavy atom. The van der Waals surface area contributed by atoms with Crippen molar-refractivity contribution in [2.75, 3.05) is 4.31 Å². The topological polar surface area (TPSA) is 96.8 Å². The molecular weight excluding hydrogens is 593 g/mol. The van der Waals surface area contributed by atoms with Crippen LogP contribution in [-0.2, 0) is 27.8 Å². The summed E-state index contributed by atoms with van der Waals surface area (Å²) in [4.78, 5) is 15.5. The van der Waals surface area contributed by atoms with Gasteiger partial charge >= 0.3 is 12.3 Å². The normalized spacial score (nSPS) is 12.7. The van der Waals surface area contributed by atoms with Crippen LogP contribution in [0, 0.1) is 5.92 Å². The van der Waals surface area contributed by atoms with Crippen molar-refractivity contribution in [3.05, 3.63) is 125 Å². The Labute approximate surface area is 245 Å². The van der Waals surface area contributed by atoms with Crippen LogP contribution in [0.15, 0.2) is 108 Å². The first kappa shape index (κ1) is 30.6. The van der Waals surface area contributed by atoms with Crippen LogP contribution in [0.2, 0.25) is 5.02 Å². The molecule has 0 radical (unpaired) electrons. The number of anilines is 1. The molecule has 12 heteroatoms. The molecule has 0 bridgehead atoms. The number of carboxylic acids is 1. The summed E-state index contributed by atoms with van der Waals surface area (Å²) in [6.07, 6.45) is 1.72. The summed E-state index contributed by atoms with van der Waals surface area (Å²) in [5.41, 5.74) is 2.30. The van der Waals surface area contributed by atoms with E-state index in [2.05, 4.69) is 9.72 Å². The molecule has 1 heterocycles. The van der Waals surface area contributed by atoms with Gasteiger partial charge < -0.3 is 9.84 Å². The van der Waals surface area contributed by atoms with Crippen molar-refractivity contribution in [1.82, 2.24) is 4.98 Å². The Bertz CT molecular complexity index is 1630. The van der Waals surface area contributed by atoms with Crippen LogP contribution in [0.25, 0.3) is 6.08 Å². The number of ether oxygens (including phenoxy) is 1. The average Bonchev–Trinajstić information content (AvgIpc) is 2.95. The number of hydrogen-bond donors (Lipinski definition) is 1. The molecule has 3 aromatic carbocycles. The molecule has 1 atom stereocenters. The number of carboxylic acid groups (broad SMARTS) is 1. The second-order valence-corrected chi connectivity index (χ2v) is 11.4. The molecule has 4 rings (SSSR count). The van der Waals surface area contributed by atoms with Crippen molar-refractivity contribution >= 4 is 39.4 Å². The lowest BCUT2D eigenvalue weighted by molar-refractivity contribution is -0.274. The largest absolute Gasteiger partial charge is 0.573 e. The van der Waals surface area contributed by atoms with Gasteiger partial charge in [-0.3, -0.25) is 14.1 Å². The Hall–Kier alpha value is -4.35. The van der Waals surface area contributed by atoms with Crippen LogP contribution < -0.4 is 9.04 Å². The number of hydrogen-bond acceptors (Lipinski definition) is 5. The van der Waals surface area contributed by atoms with Gasteiger partial charge in [0.05, 0.1) is 23.0 Å². The zero-order chi connectivity index (χ0) is 30.3. The van der Waals surface area contributed by atoms with Gasteiger partial charge in [-0.1, -0.05) is 54.1 Å². The summed E-state index contributed by atoms with van der Waals surface area (Å²) >= 11 is 5.98. The highest BCUT2D eigenvalue weighted by molar-refractivity contribution is 7.92. The van der Waals surface area contributed by atoms with Crippen LogP contribution in [0.5, 0.6) is 5.75 Å². The van der Waals surface area contributed by atoms with Crippen LogP contribution >= 0.6 is 11.6 Å². The van der Waals surface area contributed by atoms with E-state index in [9.17, 15) is 31.5 Å².